The van der Waals surface area contributed by atoms with Crippen molar-refractivity contribution in [2.75, 3.05) is 39.3 Å². The van der Waals surface area contributed by atoms with Crippen molar-refractivity contribution in [1.82, 2.24) is 19.6 Å². The van der Waals surface area contributed by atoms with E-state index in [-0.39, 0.29) is 17.6 Å². The zero-order chi connectivity index (χ0) is 18.6. The lowest BCUT2D eigenvalue weighted by molar-refractivity contribution is -0.135. The van der Waals surface area contributed by atoms with Crippen LogP contribution in [0.2, 0.25) is 0 Å². The first-order valence-electron chi connectivity index (χ1n) is 10.4. The first kappa shape index (κ1) is 18.6. The second-order valence-electron chi connectivity index (χ2n) is 7.95. The predicted octanol–water partition coefficient (Wildman–Crippen LogP) is 0.835. The third kappa shape index (κ3) is 4.58. The highest BCUT2D eigenvalue weighted by molar-refractivity contribution is 5.76. The van der Waals surface area contributed by atoms with Gasteiger partial charge in [0.25, 0.3) is 5.56 Å². The Kier molecular flexibility index (Phi) is 5.88. The number of amides is 1. The summed E-state index contributed by atoms with van der Waals surface area (Å²) < 4.78 is 7.20. The summed E-state index contributed by atoms with van der Waals surface area (Å²) >= 11 is 0. The third-order valence-corrected chi connectivity index (χ3v) is 6.05. The van der Waals surface area contributed by atoms with Crippen molar-refractivity contribution in [3.63, 3.8) is 0 Å². The third-order valence-electron chi connectivity index (χ3n) is 6.05. The standard InChI is InChI=1S/C20H30N4O3/c25-19(15-17-5-3-13-27-17)23-10-7-22(8-11-23)9-12-24-20(26)14-16-4-1-2-6-18(16)21-24/h14,17H,1-13,15H2. The molecule has 1 atom stereocenters. The molecule has 0 radical (unpaired) electrons. The Labute approximate surface area is 160 Å². The molecular weight excluding hydrogens is 344 g/mol. The van der Waals surface area contributed by atoms with Crippen molar-refractivity contribution in [3.8, 4) is 0 Å². The van der Waals surface area contributed by atoms with Gasteiger partial charge in [-0.1, -0.05) is 0 Å². The number of carbonyl (C=O) groups is 1. The number of aromatic nitrogens is 2. The monoisotopic (exact) mass is 374 g/mol. The topological polar surface area (TPSA) is 67.7 Å². The molecule has 0 saturated carbocycles. The normalized spacial score (nSPS) is 23.4. The van der Waals surface area contributed by atoms with Gasteiger partial charge in [0.2, 0.25) is 5.91 Å². The molecule has 0 aromatic carbocycles. The van der Waals surface area contributed by atoms with Gasteiger partial charge in [-0.2, -0.15) is 5.10 Å². The zero-order valence-corrected chi connectivity index (χ0v) is 16.1. The molecule has 3 heterocycles. The van der Waals surface area contributed by atoms with Gasteiger partial charge in [-0.25, -0.2) is 4.68 Å². The first-order valence-corrected chi connectivity index (χ1v) is 10.4. The number of ether oxygens (including phenoxy) is 1. The fourth-order valence-corrected chi connectivity index (χ4v) is 4.35. The molecule has 7 heteroatoms. The Morgan fingerprint density at radius 3 is 2.70 bits per heavy atom. The lowest BCUT2D eigenvalue weighted by atomic mass is 9.97. The molecule has 27 heavy (non-hydrogen) atoms. The maximum absolute atomic E-state index is 12.4. The van der Waals surface area contributed by atoms with Crippen LogP contribution in [-0.4, -0.2) is 70.9 Å². The van der Waals surface area contributed by atoms with Crippen LogP contribution in [0.25, 0.3) is 0 Å². The van der Waals surface area contributed by atoms with Gasteiger partial charge in [0.15, 0.2) is 0 Å². The summed E-state index contributed by atoms with van der Waals surface area (Å²) in [5.41, 5.74) is 2.26. The van der Waals surface area contributed by atoms with Crippen LogP contribution in [0.1, 0.15) is 43.4 Å². The summed E-state index contributed by atoms with van der Waals surface area (Å²) in [6, 6.07) is 1.78. The predicted molar refractivity (Wildman–Crippen MR) is 102 cm³/mol. The maximum atomic E-state index is 12.4. The number of fused-ring (bicyclic) bond motifs is 1. The Morgan fingerprint density at radius 2 is 1.93 bits per heavy atom. The van der Waals surface area contributed by atoms with Gasteiger partial charge >= 0.3 is 0 Å². The minimum absolute atomic E-state index is 0.0148. The molecule has 148 valence electrons. The molecule has 2 saturated heterocycles. The highest BCUT2D eigenvalue weighted by Gasteiger charge is 2.25. The van der Waals surface area contributed by atoms with Crippen LogP contribution < -0.4 is 5.56 Å². The van der Waals surface area contributed by atoms with E-state index in [0.717, 1.165) is 82.7 Å². The fraction of sp³-hybridized carbons (Fsp3) is 0.750. The average Bonchev–Trinajstić information content (AvgIpc) is 3.19. The van der Waals surface area contributed by atoms with Crippen molar-refractivity contribution < 1.29 is 9.53 Å². The van der Waals surface area contributed by atoms with E-state index in [1.807, 2.05) is 4.90 Å². The highest BCUT2D eigenvalue weighted by Crippen LogP contribution is 2.18. The lowest BCUT2D eigenvalue weighted by Crippen LogP contribution is -2.50. The van der Waals surface area contributed by atoms with E-state index in [1.54, 1.807) is 10.7 Å². The largest absolute Gasteiger partial charge is 0.378 e. The molecular formula is C20H30N4O3. The van der Waals surface area contributed by atoms with Crippen LogP contribution in [0.4, 0.5) is 0 Å². The number of piperazine rings is 1. The summed E-state index contributed by atoms with van der Waals surface area (Å²) in [6.45, 7) is 5.46. The average molecular weight is 374 g/mol. The molecule has 1 aromatic rings. The minimum atomic E-state index is 0.0148. The Bertz CT molecular complexity index is 718. The highest BCUT2D eigenvalue weighted by atomic mass is 16.5. The quantitative estimate of drug-likeness (QED) is 0.764. The van der Waals surface area contributed by atoms with Crippen molar-refractivity contribution in [2.45, 2.75) is 57.6 Å². The molecule has 1 amide bonds. The fourth-order valence-electron chi connectivity index (χ4n) is 4.35. The SMILES string of the molecule is O=C(CC1CCCO1)N1CCN(CCn2nc3c(cc2=O)CCCC3)CC1. The maximum Gasteiger partial charge on any atom is 0.267 e. The van der Waals surface area contributed by atoms with Crippen LogP contribution in [0, 0.1) is 0 Å². The number of hydrogen-bond acceptors (Lipinski definition) is 5. The Morgan fingerprint density at radius 1 is 1.11 bits per heavy atom. The minimum Gasteiger partial charge on any atom is -0.378 e. The van der Waals surface area contributed by atoms with E-state index in [1.165, 1.54) is 6.42 Å². The number of rotatable bonds is 5. The molecule has 1 unspecified atom stereocenters. The molecule has 2 aliphatic heterocycles. The van der Waals surface area contributed by atoms with Crippen LogP contribution in [0.15, 0.2) is 10.9 Å². The number of nitrogens with zero attached hydrogens (tertiary/aromatic N) is 4. The Hall–Kier alpha value is -1.73. The van der Waals surface area contributed by atoms with E-state index >= 15 is 0 Å². The molecule has 1 aliphatic carbocycles. The van der Waals surface area contributed by atoms with Crippen molar-refractivity contribution >= 4 is 5.91 Å². The molecule has 7 nitrogen and oxygen atoms in total. The van der Waals surface area contributed by atoms with E-state index in [0.29, 0.717) is 13.0 Å². The second-order valence-corrected chi connectivity index (χ2v) is 7.95. The van der Waals surface area contributed by atoms with Gasteiger partial charge in [0.1, 0.15) is 0 Å². The van der Waals surface area contributed by atoms with Gasteiger partial charge in [0, 0.05) is 45.4 Å². The van der Waals surface area contributed by atoms with E-state index in [9.17, 15) is 9.59 Å². The first-order chi connectivity index (χ1) is 13.2. The smallest absolute Gasteiger partial charge is 0.267 e. The van der Waals surface area contributed by atoms with E-state index in [2.05, 4.69) is 10.00 Å². The molecule has 0 N–H and O–H groups in total. The summed E-state index contributed by atoms with van der Waals surface area (Å²) in [6.07, 6.45) is 7.03. The van der Waals surface area contributed by atoms with Gasteiger partial charge in [-0.15, -0.1) is 0 Å². The van der Waals surface area contributed by atoms with Crippen LogP contribution in [0.3, 0.4) is 0 Å². The van der Waals surface area contributed by atoms with Crippen LogP contribution >= 0.6 is 0 Å². The van der Waals surface area contributed by atoms with Crippen molar-refractivity contribution in [1.29, 1.82) is 0 Å². The summed E-state index contributed by atoms with van der Waals surface area (Å²) in [4.78, 5) is 29.0. The number of aryl methyl sites for hydroxylation is 2. The van der Waals surface area contributed by atoms with Crippen molar-refractivity contribution in [3.05, 3.63) is 27.7 Å². The molecule has 0 bridgehead atoms. The zero-order valence-electron chi connectivity index (χ0n) is 16.1. The van der Waals surface area contributed by atoms with Gasteiger partial charge in [0.05, 0.1) is 24.8 Å². The lowest BCUT2D eigenvalue weighted by Gasteiger charge is -2.35. The molecule has 4 rings (SSSR count). The van der Waals surface area contributed by atoms with Crippen molar-refractivity contribution in [2.24, 2.45) is 0 Å². The molecule has 0 spiro atoms. The number of hydrogen-bond donors (Lipinski definition) is 0. The van der Waals surface area contributed by atoms with Crippen LogP contribution in [0.5, 0.6) is 0 Å². The van der Waals surface area contributed by atoms with E-state index < -0.39 is 0 Å². The molecule has 3 aliphatic rings. The van der Waals surface area contributed by atoms with E-state index in [4.69, 9.17) is 4.74 Å². The number of carbonyl (C=O) groups excluding carboxylic acids is 1. The molecule has 2 fully saturated rings. The second kappa shape index (κ2) is 8.52. The van der Waals surface area contributed by atoms with Gasteiger partial charge in [-0.3, -0.25) is 14.5 Å². The summed E-state index contributed by atoms with van der Waals surface area (Å²) in [7, 11) is 0. The van der Waals surface area contributed by atoms with Crippen LogP contribution in [-0.2, 0) is 28.9 Å². The Balaban J connectivity index is 1.25. The summed E-state index contributed by atoms with van der Waals surface area (Å²) in [5, 5.41) is 4.60. The van der Waals surface area contributed by atoms with Gasteiger partial charge < -0.3 is 9.64 Å². The van der Waals surface area contributed by atoms with Gasteiger partial charge in [-0.05, 0) is 44.1 Å². The summed E-state index contributed by atoms with van der Waals surface area (Å²) in [5.74, 6) is 0.217. The molecule has 1 aromatic heterocycles.